The molecule has 1 saturated heterocycles. The molecule has 7 rings (SSSR count). The first-order chi connectivity index (χ1) is 26.9. The Morgan fingerprint density at radius 1 is 0.727 bits per heavy atom. The number of nitrogens with zero attached hydrogens (tertiary/aromatic N) is 1. The van der Waals surface area contributed by atoms with E-state index in [2.05, 4.69) is 11.4 Å². The van der Waals surface area contributed by atoms with Gasteiger partial charge in [-0.3, -0.25) is 9.59 Å². The number of carbonyl (C=O) groups excluding carboxylic acids is 1. The first kappa shape index (κ1) is 37.8. The van der Waals surface area contributed by atoms with Gasteiger partial charge >= 0.3 is 5.97 Å². The SMILES string of the molecule is O=C(O)CCCC(=O)NCc1cccc(-c2cccc(C3OC(CSc4nc(-c5ccccc5)c(-c5ccccc5)o4)CC(c4ccc(CO)cc4)O3)c2)c1. The Morgan fingerprint density at radius 3 is 2.15 bits per heavy atom. The van der Waals surface area contributed by atoms with Crippen LogP contribution in [0.25, 0.3) is 33.7 Å². The first-order valence-corrected chi connectivity index (χ1v) is 19.3. The fourth-order valence-corrected chi connectivity index (χ4v) is 7.38. The molecule has 1 aliphatic heterocycles. The summed E-state index contributed by atoms with van der Waals surface area (Å²) in [5, 5.41) is 22.0. The maximum Gasteiger partial charge on any atom is 0.303 e. The standard InChI is InChI=1S/C45H42N2O7S/c48-28-30-20-22-32(23-21-30)39-26-38(29-55-45-47-42(33-11-3-1-4-12-33)43(54-45)34-13-5-2-6-14-34)52-44(53-39)37-17-8-16-36(25-37)35-15-7-10-31(24-35)27-46-40(49)18-9-19-41(50)51/h1-8,10-17,20-25,38-39,44,48H,9,18-19,26-29H2,(H,46,49)(H,50,51). The Bertz CT molecular complexity index is 2130. The van der Waals surface area contributed by atoms with Crippen molar-refractivity contribution in [3.63, 3.8) is 0 Å². The normalized spacial score (nSPS) is 16.8. The number of carbonyl (C=O) groups is 2. The van der Waals surface area contributed by atoms with Gasteiger partial charge in [0.05, 0.1) is 18.8 Å². The predicted octanol–water partition coefficient (Wildman–Crippen LogP) is 9.38. The van der Waals surface area contributed by atoms with E-state index in [1.54, 1.807) is 0 Å². The zero-order valence-electron chi connectivity index (χ0n) is 30.2. The number of benzene rings is 5. The highest BCUT2D eigenvalue weighted by molar-refractivity contribution is 7.99. The Hall–Kier alpha value is -5.52. The fraction of sp³-hybridized carbons (Fsp3) is 0.222. The summed E-state index contributed by atoms with van der Waals surface area (Å²) in [5.74, 6) is 0.220. The molecule has 0 saturated carbocycles. The number of aromatic nitrogens is 1. The minimum absolute atomic E-state index is 0.0314. The summed E-state index contributed by atoms with van der Waals surface area (Å²) in [4.78, 5) is 28.0. The van der Waals surface area contributed by atoms with Crippen molar-refractivity contribution in [1.82, 2.24) is 10.3 Å². The molecule has 0 aliphatic carbocycles. The van der Waals surface area contributed by atoms with Gasteiger partial charge in [-0.2, -0.15) is 0 Å². The zero-order chi connectivity index (χ0) is 38.0. The van der Waals surface area contributed by atoms with Gasteiger partial charge in [0.25, 0.3) is 5.22 Å². The van der Waals surface area contributed by atoms with E-state index < -0.39 is 12.3 Å². The second-order valence-corrected chi connectivity index (χ2v) is 14.4. The van der Waals surface area contributed by atoms with Gasteiger partial charge in [0.2, 0.25) is 5.91 Å². The van der Waals surface area contributed by atoms with Crippen LogP contribution in [-0.2, 0) is 32.2 Å². The third kappa shape index (κ3) is 9.97. The Morgan fingerprint density at radius 2 is 1.42 bits per heavy atom. The van der Waals surface area contributed by atoms with Crippen molar-refractivity contribution in [2.24, 2.45) is 0 Å². The van der Waals surface area contributed by atoms with Crippen molar-refractivity contribution in [2.45, 2.75) is 62.6 Å². The summed E-state index contributed by atoms with van der Waals surface area (Å²) in [5.41, 5.74) is 8.32. The highest BCUT2D eigenvalue weighted by Gasteiger charge is 2.33. The molecule has 0 radical (unpaired) electrons. The van der Waals surface area contributed by atoms with Crippen LogP contribution in [0.2, 0.25) is 0 Å². The van der Waals surface area contributed by atoms with E-state index in [1.165, 1.54) is 11.8 Å². The number of hydrogen-bond donors (Lipinski definition) is 3. The number of carboxylic acids is 1. The molecule has 1 aromatic heterocycles. The second kappa shape index (κ2) is 18.2. The van der Waals surface area contributed by atoms with Gasteiger partial charge in [0.1, 0.15) is 5.69 Å². The summed E-state index contributed by atoms with van der Waals surface area (Å²) in [6, 6.07) is 44.0. The van der Waals surface area contributed by atoms with E-state index in [4.69, 9.17) is 24.0 Å². The molecule has 280 valence electrons. The number of nitrogens with one attached hydrogen (secondary N) is 1. The van der Waals surface area contributed by atoms with Crippen LogP contribution in [0.4, 0.5) is 0 Å². The predicted molar refractivity (Wildman–Crippen MR) is 212 cm³/mol. The third-order valence-electron chi connectivity index (χ3n) is 9.40. The average molecular weight is 755 g/mol. The van der Waals surface area contributed by atoms with Crippen molar-refractivity contribution in [1.29, 1.82) is 0 Å². The molecular weight excluding hydrogens is 713 g/mol. The molecule has 6 aromatic rings. The summed E-state index contributed by atoms with van der Waals surface area (Å²) in [6.45, 7) is 0.310. The largest absolute Gasteiger partial charge is 0.481 e. The van der Waals surface area contributed by atoms with Gasteiger partial charge < -0.3 is 29.4 Å². The molecule has 2 heterocycles. The number of oxazole rings is 1. The molecule has 1 fully saturated rings. The summed E-state index contributed by atoms with van der Waals surface area (Å²) < 4.78 is 19.8. The third-order valence-corrected chi connectivity index (χ3v) is 10.4. The van der Waals surface area contributed by atoms with E-state index in [-0.39, 0.29) is 37.6 Å². The Kier molecular flexibility index (Phi) is 12.5. The minimum atomic E-state index is -0.908. The lowest BCUT2D eigenvalue weighted by Gasteiger charge is -2.36. The first-order valence-electron chi connectivity index (χ1n) is 18.3. The smallest absolute Gasteiger partial charge is 0.303 e. The molecule has 3 N–H and O–H groups in total. The number of amides is 1. The fourth-order valence-electron chi connectivity index (χ4n) is 6.54. The van der Waals surface area contributed by atoms with Gasteiger partial charge in [-0.15, -0.1) is 0 Å². The molecule has 55 heavy (non-hydrogen) atoms. The maximum atomic E-state index is 12.3. The number of hydrogen-bond acceptors (Lipinski definition) is 8. The molecule has 5 aromatic carbocycles. The Labute approximate surface area is 324 Å². The van der Waals surface area contributed by atoms with Crippen LogP contribution in [0.15, 0.2) is 143 Å². The van der Waals surface area contributed by atoms with Crippen LogP contribution >= 0.6 is 11.8 Å². The molecule has 9 nitrogen and oxygen atoms in total. The number of ether oxygens (including phenoxy) is 2. The van der Waals surface area contributed by atoms with Crippen LogP contribution in [-0.4, -0.2) is 38.9 Å². The van der Waals surface area contributed by atoms with Crippen molar-refractivity contribution in [3.05, 3.63) is 156 Å². The van der Waals surface area contributed by atoms with Gasteiger partial charge in [-0.05, 0) is 46.4 Å². The van der Waals surface area contributed by atoms with Crippen molar-refractivity contribution in [2.75, 3.05) is 5.75 Å². The lowest BCUT2D eigenvalue weighted by atomic mass is 9.99. The van der Waals surface area contributed by atoms with E-state index in [0.29, 0.717) is 30.4 Å². The van der Waals surface area contributed by atoms with Crippen LogP contribution in [0.5, 0.6) is 0 Å². The van der Waals surface area contributed by atoms with Crippen LogP contribution in [0.1, 0.15) is 60.3 Å². The molecule has 3 unspecified atom stereocenters. The molecule has 10 heteroatoms. The molecule has 1 amide bonds. The van der Waals surface area contributed by atoms with Crippen molar-refractivity contribution >= 4 is 23.6 Å². The average Bonchev–Trinajstić information content (AvgIpc) is 3.67. The van der Waals surface area contributed by atoms with Gasteiger partial charge in [0.15, 0.2) is 12.1 Å². The lowest BCUT2D eigenvalue weighted by molar-refractivity contribution is -0.245. The quantitative estimate of drug-likeness (QED) is 0.0878. The molecule has 3 atom stereocenters. The molecule has 0 bridgehead atoms. The van der Waals surface area contributed by atoms with Crippen LogP contribution < -0.4 is 5.32 Å². The molecule has 1 aliphatic rings. The minimum Gasteiger partial charge on any atom is -0.481 e. The van der Waals surface area contributed by atoms with Gasteiger partial charge in [-0.25, -0.2) is 4.98 Å². The number of aliphatic carboxylic acids is 1. The summed E-state index contributed by atoms with van der Waals surface area (Å²) in [6.07, 6.45) is -0.0581. The van der Waals surface area contributed by atoms with Crippen LogP contribution in [0, 0.1) is 0 Å². The zero-order valence-corrected chi connectivity index (χ0v) is 31.0. The number of rotatable bonds is 15. The van der Waals surface area contributed by atoms with Crippen molar-refractivity contribution < 1.29 is 33.7 Å². The van der Waals surface area contributed by atoms with E-state index in [0.717, 1.165) is 56.0 Å². The van der Waals surface area contributed by atoms with E-state index in [9.17, 15) is 14.7 Å². The van der Waals surface area contributed by atoms with E-state index >= 15 is 0 Å². The van der Waals surface area contributed by atoms with Crippen molar-refractivity contribution in [3.8, 4) is 33.7 Å². The highest BCUT2D eigenvalue weighted by Crippen LogP contribution is 2.41. The van der Waals surface area contributed by atoms with Crippen LogP contribution in [0.3, 0.4) is 0 Å². The number of aliphatic hydroxyl groups excluding tert-OH is 1. The molecular formula is C45H42N2O7S. The monoisotopic (exact) mass is 754 g/mol. The second-order valence-electron chi connectivity index (χ2n) is 13.4. The maximum absolute atomic E-state index is 12.3. The molecule has 0 spiro atoms. The van der Waals surface area contributed by atoms with Gasteiger partial charge in [0, 0.05) is 48.3 Å². The number of carboxylic acid groups (broad SMARTS) is 1. The van der Waals surface area contributed by atoms with E-state index in [1.807, 2.05) is 127 Å². The topological polar surface area (TPSA) is 131 Å². The summed E-state index contributed by atoms with van der Waals surface area (Å²) in [7, 11) is 0. The lowest BCUT2D eigenvalue weighted by Crippen LogP contribution is -2.31. The number of aliphatic hydroxyl groups is 1. The number of thioether (sulfide) groups is 1. The highest BCUT2D eigenvalue weighted by atomic mass is 32.2. The summed E-state index contributed by atoms with van der Waals surface area (Å²) >= 11 is 1.52. The van der Waals surface area contributed by atoms with Gasteiger partial charge in [-0.1, -0.05) is 133 Å². The Balaban J connectivity index is 1.10.